The van der Waals surface area contributed by atoms with E-state index >= 15 is 0 Å². The van der Waals surface area contributed by atoms with Crippen LogP contribution in [0.5, 0.6) is 5.75 Å². The van der Waals surface area contributed by atoms with Crippen LogP contribution in [0.3, 0.4) is 0 Å². The number of thioether (sulfide) groups is 1. The van der Waals surface area contributed by atoms with Crippen LogP contribution in [0.15, 0.2) is 41.6 Å². The zero-order valence-corrected chi connectivity index (χ0v) is 20.0. The Balaban J connectivity index is 1.65. The van der Waals surface area contributed by atoms with Crippen molar-refractivity contribution < 1.29 is 9.53 Å². The molecular formula is C23H27ClN4O2S. The van der Waals surface area contributed by atoms with Crippen molar-refractivity contribution in [3.8, 4) is 5.75 Å². The van der Waals surface area contributed by atoms with E-state index in [0.29, 0.717) is 22.5 Å². The minimum atomic E-state index is -0.123. The lowest BCUT2D eigenvalue weighted by molar-refractivity contribution is -0.113. The lowest BCUT2D eigenvalue weighted by atomic mass is 10.1. The van der Waals surface area contributed by atoms with Crippen molar-refractivity contribution in [3.05, 3.63) is 63.9 Å². The molecule has 1 aromatic heterocycles. The van der Waals surface area contributed by atoms with Crippen molar-refractivity contribution in [2.45, 2.75) is 52.4 Å². The van der Waals surface area contributed by atoms with E-state index in [1.807, 2.05) is 36.6 Å². The van der Waals surface area contributed by atoms with Crippen LogP contribution in [0, 0.1) is 20.8 Å². The molecule has 0 fully saturated rings. The second kappa shape index (κ2) is 10.2. The zero-order valence-electron chi connectivity index (χ0n) is 18.4. The standard InChI is InChI=1S/C23H27ClN4O2S/c1-14(2)28-21(12-30-20-9-6-15(3)10-17(20)5)26-27-23(28)31-13-22(29)25-19-11-18(24)8-7-16(19)4/h6-11,14H,12-13H2,1-5H3,(H,25,29). The fraction of sp³-hybridized carbons (Fsp3) is 0.348. The van der Waals surface area contributed by atoms with Crippen LogP contribution in [0.1, 0.15) is 42.4 Å². The third kappa shape index (κ3) is 6.02. The Morgan fingerprint density at radius 3 is 2.61 bits per heavy atom. The van der Waals surface area contributed by atoms with Gasteiger partial charge in [0.05, 0.1) is 5.75 Å². The molecule has 1 heterocycles. The molecule has 0 unspecified atom stereocenters. The van der Waals surface area contributed by atoms with Crippen molar-refractivity contribution in [3.63, 3.8) is 0 Å². The van der Waals surface area contributed by atoms with Gasteiger partial charge in [0, 0.05) is 16.8 Å². The first-order valence-corrected chi connectivity index (χ1v) is 11.4. The fourth-order valence-electron chi connectivity index (χ4n) is 3.17. The summed E-state index contributed by atoms with van der Waals surface area (Å²) in [5.74, 6) is 1.65. The average Bonchev–Trinajstić information content (AvgIpc) is 3.12. The first-order valence-electron chi connectivity index (χ1n) is 10.1. The summed E-state index contributed by atoms with van der Waals surface area (Å²) in [4.78, 5) is 12.5. The van der Waals surface area contributed by atoms with Crippen molar-refractivity contribution in [1.29, 1.82) is 0 Å². The normalized spacial score (nSPS) is 11.1. The van der Waals surface area contributed by atoms with Gasteiger partial charge in [0.2, 0.25) is 5.91 Å². The highest BCUT2D eigenvalue weighted by atomic mass is 35.5. The number of nitrogens with one attached hydrogen (secondary N) is 1. The molecule has 8 heteroatoms. The van der Waals surface area contributed by atoms with Crippen LogP contribution in [-0.4, -0.2) is 26.4 Å². The Labute approximate surface area is 192 Å². The highest BCUT2D eigenvalue weighted by Crippen LogP contribution is 2.25. The highest BCUT2D eigenvalue weighted by molar-refractivity contribution is 7.99. The first kappa shape index (κ1) is 23.2. The van der Waals surface area contributed by atoms with Crippen LogP contribution in [0.2, 0.25) is 5.02 Å². The number of carbonyl (C=O) groups is 1. The van der Waals surface area contributed by atoms with E-state index < -0.39 is 0 Å². The number of halogens is 1. The van der Waals surface area contributed by atoms with Crippen LogP contribution in [0.4, 0.5) is 5.69 Å². The molecule has 3 aromatic rings. The molecule has 0 aliphatic rings. The Morgan fingerprint density at radius 2 is 1.90 bits per heavy atom. The van der Waals surface area contributed by atoms with Crippen LogP contribution in [-0.2, 0) is 11.4 Å². The smallest absolute Gasteiger partial charge is 0.234 e. The van der Waals surface area contributed by atoms with Gasteiger partial charge in [0.15, 0.2) is 11.0 Å². The number of rotatable bonds is 8. The van der Waals surface area contributed by atoms with Crippen molar-refractivity contribution in [2.75, 3.05) is 11.1 Å². The third-order valence-corrected chi connectivity index (χ3v) is 5.92. The van der Waals surface area contributed by atoms with Gasteiger partial charge < -0.3 is 14.6 Å². The third-order valence-electron chi connectivity index (χ3n) is 4.74. The second-order valence-electron chi connectivity index (χ2n) is 7.72. The van der Waals surface area contributed by atoms with E-state index in [4.69, 9.17) is 16.3 Å². The molecule has 164 valence electrons. The zero-order chi connectivity index (χ0) is 22.5. The van der Waals surface area contributed by atoms with E-state index in [2.05, 4.69) is 42.4 Å². The van der Waals surface area contributed by atoms with E-state index in [1.165, 1.54) is 17.3 Å². The van der Waals surface area contributed by atoms with Gasteiger partial charge in [-0.3, -0.25) is 4.79 Å². The van der Waals surface area contributed by atoms with Crippen LogP contribution in [0.25, 0.3) is 0 Å². The predicted octanol–water partition coefficient (Wildman–Crippen LogP) is 5.75. The Kier molecular flexibility index (Phi) is 7.62. The Morgan fingerprint density at radius 1 is 1.13 bits per heavy atom. The molecule has 31 heavy (non-hydrogen) atoms. The summed E-state index contributed by atoms with van der Waals surface area (Å²) in [5.41, 5.74) is 3.95. The quantitative estimate of drug-likeness (QED) is 0.435. The number of ether oxygens (including phenoxy) is 1. The molecule has 0 spiro atoms. The molecule has 0 saturated carbocycles. The summed E-state index contributed by atoms with van der Waals surface area (Å²) in [6, 6.07) is 11.6. The highest BCUT2D eigenvalue weighted by Gasteiger charge is 2.17. The molecule has 0 radical (unpaired) electrons. The van der Waals surface area contributed by atoms with Gasteiger partial charge in [-0.05, 0) is 63.9 Å². The summed E-state index contributed by atoms with van der Waals surface area (Å²) < 4.78 is 7.99. The average molecular weight is 459 g/mol. The van der Waals surface area contributed by atoms with E-state index in [-0.39, 0.29) is 17.7 Å². The number of nitrogens with zero attached hydrogens (tertiary/aromatic N) is 3. The maximum absolute atomic E-state index is 12.5. The van der Waals surface area contributed by atoms with E-state index in [1.54, 1.807) is 12.1 Å². The van der Waals surface area contributed by atoms with Crippen LogP contribution < -0.4 is 10.1 Å². The first-order chi connectivity index (χ1) is 14.7. The number of anilines is 1. The minimum absolute atomic E-state index is 0.123. The molecule has 1 amide bonds. The minimum Gasteiger partial charge on any atom is -0.485 e. The monoisotopic (exact) mass is 458 g/mol. The largest absolute Gasteiger partial charge is 0.485 e. The van der Waals surface area contributed by atoms with Gasteiger partial charge in [0.1, 0.15) is 12.4 Å². The molecular weight excluding hydrogens is 432 g/mol. The molecule has 3 rings (SSSR count). The lowest BCUT2D eigenvalue weighted by Gasteiger charge is -2.15. The maximum atomic E-state index is 12.5. The molecule has 2 aromatic carbocycles. The molecule has 0 atom stereocenters. The van der Waals surface area contributed by atoms with Gasteiger partial charge in [0.25, 0.3) is 0 Å². The number of hydrogen-bond donors (Lipinski definition) is 1. The summed E-state index contributed by atoms with van der Waals surface area (Å²) in [5, 5.41) is 12.8. The van der Waals surface area contributed by atoms with Crippen molar-refractivity contribution >= 4 is 35.0 Å². The van der Waals surface area contributed by atoms with Crippen molar-refractivity contribution in [2.24, 2.45) is 0 Å². The summed E-state index contributed by atoms with van der Waals surface area (Å²) in [6.07, 6.45) is 0. The summed E-state index contributed by atoms with van der Waals surface area (Å²) in [6.45, 7) is 10.4. The van der Waals surface area contributed by atoms with Gasteiger partial charge >= 0.3 is 0 Å². The lowest BCUT2D eigenvalue weighted by Crippen LogP contribution is -2.16. The van der Waals surface area contributed by atoms with Gasteiger partial charge in [-0.15, -0.1) is 10.2 Å². The number of amides is 1. The molecule has 0 bridgehead atoms. The molecule has 0 aliphatic heterocycles. The van der Waals surface area contributed by atoms with Gasteiger partial charge in [-0.2, -0.15) is 0 Å². The predicted molar refractivity (Wildman–Crippen MR) is 126 cm³/mol. The number of hydrogen-bond acceptors (Lipinski definition) is 5. The number of aryl methyl sites for hydroxylation is 3. The Hall–Kier alpha value is -2.51. The topological polar surface area (TPSA) is 69.0 Å². The Bertz CT molecular complexity index is 1080. The maximum Gasteiger partial charge on any atom is 0.234 e. The summed E-state index contributed by atoms with van der Waals surface area (Å²) in [7, 11) is 0. The molecule has 0 saturated heterocycles. The number of aromatic nitrogens is 3. The number of benzene rings is 2. The molecule has 1 N–H and O–H groups in total. The van der Waals surface area contributed by atoms with Gasteiger partial charge in [-0.25, -0.2) is 0 Å². The molecule has 0 aliphatic carbocycles. The fourth-order valence-corrected chi connectivity index (χ4v) is 4.23. The second-order valence-corrected chi connectivity index (χ2v) is 9.10. The van der Waals surface area contributed by atoms with Crippen LogP contribution >= 0.6 is 23.4 Å². The van der Waals surface area contributed by atoms with E-state index in [0.717, 1.165) is 22.7 Å². The summed E-state index contributed by atoms with van der Waals surface area (Å²) >= 11 is 7.38. The van der Waals surface area contributed by atoms with E-state index in [9.17, 15) is 4.79 Å². The molecule has 6 nitrogen and oxygen atoms in total. The van der Waals surface area contributed by atoms with Crippen molar-refractivity contribution in [1.82, 2.24) is 14.8 Å². The SMILES string of the molecule is Cc1ccc(OCc2nnc(SCC(=O)Nc3cc(Cl)ccc3C)n2C(C)C)c(C)c1. The van der Waals surface area contributed by atoms with Gasteiger partial charge in [-0.1, -0.05) is 47.1 Å². The number of carbonyl (C=O) groups excluding carboxylic acids is 1.